The number of para-hydroxylation sites is 2. The van der Waals surface area contributed by atoms with E-state index in [0.29, 0.717) is 28.8 Å². The molecule has 0 amide bonds. The van der Waals surface area contributed by atoms with Crippen molar-refractivity contribution in [3.8, 4) is 39.3 Å². The smallest absolute Gasteiger partial charge is 0.205 e. The third-order valence-corrected chi connectivity index (χ3v) is 6.81. The zero-order chi connectivity index (χ0) is 22.6. The van der Waals surface area contributed by atoms with E-state index in [-0.39, 0.29) is 0 Å². The van der Waals surface area contributed by atoms with Crippen LogP contribution in [-0.4, -0.2) is 34.0 Å². The number of thioether (sulfide) groups is 1. The molecule has 5 rings (SSSR count). The number of benzene rings is 2. The second-order valence-corrected chi connectivity index (χ2v) is 8.73. The van der Waals surface area contributed by atoms with Crippen LogP contribution in [0.2, 0.25) is 0 Å². The maximum Gasteiger partial charge on any atom is 0.205 e. The molecule has 0 N–H and O–H groups in total. The van der Waals surface area contributed by atoms with E-state index in [1.54, 1.807) is 43.6 Å². The molecule has 3 aromatic heterocycles. The molecule has 3 heterocycles. The molecule has 0 aliphatic carbocycles. The molecule has 0 atom stereocenters. The van der Waals surface area contributed by atoms with E-state index >= 15 is 0 Å². The predicted octanol–water partition coefficient (Wildman–Crippen LogP) is 5.96. The van der Waals surface area contributed by atoms with Crippen molar-refractivity contribution in [1.29, 1.82) is 0 Å². The zero-order valence-corrected chi connectivity index (χ0v) is 19.6. The molecule has 0 unspecified atom stereocenters. The van der Waals surface area contributed by atoms with Gasteiger partial charge in [-0.2, -0.15) is 0 Å². The lowest BCUT2D eigenvalue weighted by Crippen LogP contribution is -1.99. The Morgan fingerprint density at radius 2 is 1.85 bits per heavy atom. The molecule has 0 spiro atoms. The van der Waals surface area contributed by atoms with Crippen molar-refractivity contribution in [3.63, 3.8) is 0 Å². The molecule has 0 radical (unpaired) electrons. The number of ether oxygens (including phenoxy) is 2. The average molecular weight is 477 g/mol. The van der Waals surface area contributed by atoms with Crippen LogP contribution in [0.5, 0.6) is 11.5 Å². The third-order valence-electron chi connectivity index (χ3n) is 4.92. The molecule has 0 fully saturated rings. The highest BCUT2D eigenvalue weighted by molar-refractivity contribution is 7.98. The summed E-state index contributed by atoms with van der Waals surface area (Å²) in [5, 5.41) is 12.5. The summed E-state index contributed by atoms with van der Waals surface area (Å²) in [7, 11) is 3.27. The van der Waals surface area contributed by atoms with Gasteiger partial charge >= 0.3 is 0 Å². The molecule has 0 aliphatic heterocycles. The second kappa shape index (κ2) is 9.51. The van der Waals surface area contributed by atoms with E-state index in [2.05, 4.69) is 15.6 Å². The summed E-state index contributed by atoms with van der Waals surface area (Å²) >= 11 is 3.15. The van der Waals surface area contributed by atoms with Gasteiger partial charge < -0.3 is 13.9 Å². The zero-order valence-electron chi connectivity index (χ0n) is 18.0. The average Bonchev–Trinajstić information content (AvgIpc) is 3.63. The normalized spacial score (nSPS) is 11.0. The van der Waals surface area contributed by atoms with Crippen molar-refractivity contribution in [1.82, 2.24) is 19.7 Å². The van der Waals surface area contributed by atoms with Crippen LogP contribution >= 0.6 is 23.1 Å². The van der Waals surface area contributed by atoms with E-state index in [1.807, 2.05) is 65.2 Å². The molecule has 2 aromatic carbocycles. The SMILES string of the molecule is COc1cccc(-c2nc(CSc3nnc(-c4ccco4)n3-c3ccccc3)cs2)c1OC. The summed E-state index contributed by atoms with van der Waals surface area (Å²) in [5.41, 5.74) is 2.83. The fourth-order valence-electron chi connectivity index (χ4n) is 3.43. The first-order chi connectivity index (χ1) is 16.3. The quantitative estimate of drug-likeness (QED) is 0.256. The van der Waals surface area contributed by atoms with Crippen molar-refractivity contribution in [2.75, 3.05) is 14.2 Å². The van der Waals surface area contributed by atoms with Crippen LogP contribution in [0.4, 0.5) is 0 Å². The summed E-state index contributed by atoms with van der Waals surface area (Å²) in [6.07, 6.45) is 1.63. The van der Waals surface area contributed by atoms with Gasteiger partial charge in [0.05, 0.1) is 31.7 Å². The van der Waals surface area contributed by atoms with E-state index < -0.39 is 0 Å². The Morgan fingerprint density at radius 1 is 0.970 bits per heavy atom. The van der Waals surface area contributed by atoms with Gasteiger partial charge in [0.2, 0.25) is 5.82 Å². The lowest BCUT2D eigenvalue weighted by Gasteiger charge is -2.10. The summed E-state index contributed by atoms with van der Waals surface area (Å²) < 4.78 is 18.6. The van der Waals surface area contributed by atoms with Gasteiger partial charge in [0, 0.05) is 16.8 Å². The fraction of sp³-hybridized carbons (Fsp3) is 0.125. The van der Waals surface area contributed by atoms with Crippen LogP contribution in [0.25, 0.3) is 27.8 Å². The van der Waals surface area contributed by atoms with Crippen LogP contribution in [-0.2, 0) is 5.75 Å². The minimum Gasteiger partial charge on any atom is -0.493 e. The van der Waals surface area contributed by atoms with Gasteiger partial charge in [-0.05, 0) is 36.4 Å². The van der Waals surface area contributed by atoms with Crippen LogP contribution in [0.15, 0.2) is 81.9 Å². The first-order valence-corrected chi connectivity index (χ1v) is 12.0. The lowest BCUT2D eigenvalue weighted by molar-refractivity contribution is 0.356. The van der Waals surface area contributed by atoms with Crippen molar-refractivity contribution < 1.29 is 13.9 Å². The van der Waals surface area contributed by atoms with Gasteiger partial charge in [0.15, 0.2) is 22.4 Å². The molecule has 33 heavy (non-hydrogen) atoms. The van der Waals surface area contributed by atoms with Crippen LogP contribution in [0, 0.1) is 0 Å². The number of hydrogen-bond acceptors (Lipinski definition) is 8. The molecular weight excluding hydrogens is 456 g/mol. The lowest BCUT2D eigenvalue weighted by atomic mass is 10.2. The summed E-state index contributed by atoms with van der Waals surface area (Å²) in [6.45, 7) is 0. The summed E-state index contributed by atoms with van der Waals surface area (Å²) in [6, 6.07) is 19.5. The number of rotatable bonds is 8. The van der Waals surface area contributed by atoms with E-state index in [1.165, 1.54) is 0 Å². The first kappa shape index (κ1) is 21.3. The summed E-state index contributed by atoms with van der Waals surface area (Å²) in [4.78, 5) is 4.82. The second-order valence-electron chi connectivity index (χ2n) is 6.93. The predicted molar refractivity (Wildman–Crippen MR) is 129 cm³/mol. The van der Waals surface area contributed by atoms with Gasteiger partial charge in [-0.15, -0.1) is 21.5 Å². The minimum atomic E-state index is 0.645. The molecular formula is C24H20N4O3S2. The van der Waals surface area contributed by atoms with Crippen LogP contribution in [0.1, 0.15) is 5.69 Å². The van der Waals surface area contributed by atoms with Gasteiger partial charge in [-0.25, -0.2) is 4.98 Å². The monoisotopic (exact) mass is 476 g/mol. The number of furan rings is 1. The van der Waals surface area contributed by atoms with Gasteiger partial charge in [0.25, 0.3) is 0 Å². The molecule has 0 saturated heterocycles. The molecule has 0 aliphatic rings. The molecule has 0 saturated carbocycles. The number of nitrogens with zero attached hydrogens (tertiary/aromatic N) is 4. The largest absolute Gasteiger partial charge is 0.493 e. The van der Waals surface area contributed by atoms with Gasteiger partial charge in [-0.3, -0.25) is 4.57 Å². The Labute approximate surface area is 199 Å². The van der Waals surface area contributed by atoms with E-state index in [0.717, 1.165) is 27.1 Å². The fourth-order valence-corrected chi connectivity index (χ4v) is 5.22. The standard InChI is InChI=1S/C24H20N4O3S2/c1-29-19-11-6-10-18(21(19)30-2)23-25-16(14-32-23)15-33-24-27-26-22(20-12-7-13-31-20)28(24)17-8-4-3-5-9-17/h3-14H,15H2,1-2H3. The highest BCUT2D eigenvalue weighted by Gasteiger charge is 2.19. The molecule has 166 valence electrons. The molecule has 5 aromatic rings. The van der Waals surface area contributed by atoms with Crippen molar-refractivity contribution in [2.45, 2.75) is 10.9 Å². The number of aromatic nitrogens is 4. The number of hydrogen-bond donors (Lipinski definition) is 0. The first-order valence-electron chi connectivity index (χ1n) is 10.1. The highest BCUT2D eigenvalue weighted by Crippen LogP contribution is 2.39. The van der Waals surface area contributed by atoms with E-state index in [4.69, 9.17) is 18.9 Å². The Kier molecular flexibility index (Phi) is 6.14. The third kappa shape index (κ3) is 4.24. The molecule has 0 bridgehead atoms. The number of thiazole rings is 1. The summed E-state index contributed by atoms with van der Waals surface area (Å²) in [5.74, 6) is 3.34. The maximum atomic E-state index is 5.59. The van der Waals surface area contributed by atoms with Gasteiger partial charge in [-0.1, -0.05) is 36.0 Å². The van der Waals surface area contributed by atoms with E-state index in [9.17, 15) is 0 Å². The minimum absolute atomic E-state index is 0.645. The van der Waals surface area contributed by atoms with Crippen molar-refractivity contribution in [3.05, 3.63) is 78.0 Å². The Balaban J connectivity index is 1.42. The van der Waals surface area contributed by atoms with Crippen LogP contribution < -0.4 is 9.47 Å². The Bertz CT molecular complexity index is 1350. The Morgan fingerprint density at radius 3 is 2.61 bits per heavy atom. The van der Waals surface area contributed by atoms with Crippen molar-refractivity contribution in [2.24, 2.45) is 0 Å². The molecule has 7 nitrogen and oxygen atoms in total. The topological polar surface area (TPSA) is 75.2 Å². The molecule has 9 heteroatoms. The Hall–Kier alpha value is -3.56. The van der Waals surface area contributed by atoms with Crippen molar-refractivity contribution >= 4 is 23.1 Å². The van der Waals surface area contributed by atoms with Gasteiger partial charge in [0.1, 0.15) is 5.01 Å². The van der Waals surface area contributed by atoms with Crippen LogP contribution in [0.3, 0.4) is 0 Å². The number of methoxy groups -OCH3 is 2. The highest BCUT2D eigenvalue weighted by atomic mass is 32.2. The maximum absolute atomic E-state index is 5.59.